The summed E-state index contributed by atoms with van der Waals surface area (Å²) in [5.41, 5.74) is 0. The Bertz CT molecular complexity index is 927. The van der Waals surface area contributed by atoms with Gasteiger partial charge in [-0.15, -0.1) is 0 Å². The molecular formula is C28H45NO5S. The van der Waals surface area contributed by atoms with Gasteiger partial charge in [-0.2, -0.15) is 8.42 Å². The summed E-state index contributed by atoms with van der Waals surface area (Å²) >= 11 is 0. The van der Waals surface area contributed by atoms with Gasteiger partial charge in [0.15, 0.2) is 0 Å². The summed E-state index contributed by atoms with van der Waals surface area (Å²) < 4.78 is 41.4. The Morgan fingerprint density at radius 2 is 1.46 bits per heavy atom. The summed E-state index contributed by atoms with van der Waals surface area (Å²) in [5, 5.41) is 5.27. The molecule has 2 rings (SSSR count). The lowest BCUT2D eigenvalue weighted by molar-refractivity contribution is 0.105. The van der Waals surface area contributed by atoms with E-state index in [0.717, 1.165) is 23.6 Å². The number of fused-ring (bicyclic) bond motifs is 1. The second kappa shape index (κ2) is 16.9. The van der Waals surface area contributed by atoms with Crippen molar-refractivity contribution in [1.29, 1.82) is 0 Å². The first-order valence-electron chi connectivity index (χ1n) is 13.3. The molecule has 35 heavy (non-hydrogen) atoms. The van der Waals surface area contributed by atoms with Gasteiger partial charge in [-0.1, -0.05) is 115 Å². The van der Waals surface area contributed by atoms with Crippen LogP contribution in [0.3, 0.4) is 0 Å². The molecule has 7 heteroatoms. The Kier molecular flexibility index (Phi) is 14.3. The van der Waals surface area contributed by atoms with E-state index < -0.39 is 16.5 Å². The number of benzene rings is 2. The fraction of sp³-hybridized carbons (Fsp3) is 0.643. The van der Waals surface area contributed by atoms with Crippen LogP contribution in [-0.2, 0) is 18.8 Å². The highest BCUT2D eigenvalue weighted by Gasteiger charge is 2.22. The number of nitrogens with one attached hydrogen (secondary N) is 1. The van der Waals surface area contributed by atoms with E-state index in [1.165, 1.54) is 44.9 Å². The third kappa shape index (κ3) is 12.7. The molecule has 1 unspecified atom stereocenters. The lowest BCUT2D eigenvalue weighted by Crippen LogP contribution is -2.38. The van der Waals surface area contributed by atoms with Crippen LogP contribution in [0.25, 0.3) is 10.8 Å². The molecule has 0 saturated heterocycles. The van der Waals surface area contributed by atoms with Crippen molar-refractivity contribution in [2.45, 2.75) is 97.1 Å². The Balaban J connectivity index is 1.74. The number of hydrogen-bond acceptors (Lipinski definition) is 6. The molecule has 2 aromatic rings. The van der Waals surface area contributed by atoms with Crippen LogP contribution in [0.2, 0.25) is 0 Å². The largest absolute Gasteiger partial charge is 0.490 e. The SMILES string of the molecule is CCCCCCCCCCCCOS(=O)(=O)OC(CNC(C)C)COc1cccc2ccccc12. The summed E-state index contributed by atoms with van der Waals surface area (Å²) in [6.07, 6.45) is 11.1. The fourth-order valence-electron chi connectivity index (χ4n) is 3.94. The molecule has 198 valence electrons. The average molecular weight is 508 g/mol. The van der Waals surface area contributed by atoms with Gasteiger partial charge in [-0.05, 0) is 17.9 Å². The minimum atomic E-state index is -4.11. The zero-order valence-corrected chi connectivity index (χ0v) is 22.7. The molecule has 0 aliphatic heterocycles. The molecule has 0 aliphatic carbocycles. The number of unbranched alkanes of at least 4 members (excludes halogenated alkanes) is 9. The Morgan fingerprint density at radius 3 is 2.14 bits per heavy atom. The van der Waals surface area contributed by atoms with Crippen molar-refractivity contribution >= 4 is 21.2 Å². The second-order valence-electron chi connectivity index (χ2n) is 9.48. The molecule has 0 aromatic heterocycles. The molecule has 6 nitrogen and oxygen atoms in total. The first-order valence-corrected chi connectivity index (χ1v) is 14.7. The van der Waals surface area contributed by atoms with Gasteiger partial charge in [0.05, 0.1) is 6.61 Å². The highest BCUT2D eigenvalue weighted by molar-refractivity contribution is 7.81. The Hall–Kier alpha value is -1.67. The Labute approximate surface area is 213 Å². The van der Waals surface area contributed by atoms with Gasteiger partial charge in [-0.3, -0.25) is 0 Å². The summed E-state index contributed by atoms with van der Waals surface area (Å²) in [6, 6.07) is 13.9. The molecular weight excluding hydrogens is 462 g/mol. The zero-order chi connectivity index (χ0) is 25.4. The maximum absolute atomic E-state index is 12.4. The topological polar surface area (TPSA) is 73.9 Å². The lowest BCUT2D eigenvalue weighted by Gasteiger charge is -2.20. The maximum atomic E-state index is 12.4. The minimum Gasteiger partial charge on any atom is -0.490 e. The van der Waals surface area contributed by atoms with Crippen molar-refractivity contribution in [3.05, 3.63) is 42.5 Å². The molecule has 0 heterocycles. The van der Waals surface area contributed by atoms with Crippen LogP contribution in [0.15, 0.2) is 42.5 Å². The number of rotatable bonds is 20. The lowest BCUT2D eigenvalue weighted by atomic mass is 10.1. The van der Waals surface area contributed by atoms with Gasteiger partial charge in [0.2, 0.25) is 0 Å². The average Bonchev–Trinajstić information content (AvgIpc) is 2.84. The maximum Gasteiger partial charge on any atom is 0.400 e. The van der Waals surface area contributed by atoms with Crippen molar-refractivity contribution in [2.24, 2.45) is 0 Å². The molecule has 0 aliphatic rings. The monoisotopic (exact) mass is 507 g/mol. The van der Waals surface area contributed by atoms with Crippen LogP contribution >= 0.6 is 0 Å². The molecule has 1 N–H and O–H groups in total. The van der Waals surface area contributed by atoms with Gasteiger partial charge in [0.25, 0.3) is 0 Å². The van der Waals surface area contributed by atoms with Crippen molar-refractivity contribution in [1.82, 2.24) is 5.32 Å². The summed E-state index contributed by atoms with van der Waals surface area (Å²) in [4.78, 5) is 0. The van der Waals surface area contributed by atoms with Crippen LogP contribution in [0.5, 0.6) is 5.75 Å². The van der Waals surface area contributed by atoms with Crippen molar-refractivity contribution in [3.8, 4) is 5.75 Å². The van der Waals surface area contributed by atoms with E-state index in [0.29, 0.717) is 18.7 Å². The first-order chi connectivity index (χ1) is 16.9. The molecule has 0 fully saturated rings. The van der Waals surface area contributed by atoms with E-state index in [1.807, 2.05) is 56.3 Å². The molecule has 0 saturated carbocycles. The Morgan fingerprint density at radius 1 is 0.829 bits per heavy atom. The van der Waals surface area contributed by atoms with Crippen LogP contribution in [0.1, 0.15) is 85.0 Å². The summed E-state index contributed by atoms with van der Waals surface area (Å²) in [5.74, 6) is 0.699. The third-order valence-corrected chi connectivity index (χ3v) is 6.87. The molecule has 2 aromatic carbocycles. The smallest absolute Gasteiger partial charge is 0.400 e. The fourth-order valence-corrected chi connectivity index (χ4v) is 4.77. The van der Waals surface area contributed by atoms with Gasteiger partial charge in [0, 0.05) is 18.0 Å². The third-order valence-electron chi connectivity index (χ3n) is 5.91. The highest BCUT2D eigenvalue weighted by atomic mass is 32.3. The van der Waals surface area contributed by atoms with Crippen molar-refractivity contribution in [3.63, 3.8) is 0 Å². The van der Waals surface area contributed by atoms with Gasteiger partial charge in [-0.25, -0.2) is 8.37 Å². The van der Waals surface area contributed by atoms with Crippen molar-refractivity contribution in [2.75, 3.05) is 19.8 Å². The molecule has 1 atom stereocenters. The van der Waals surface area contributed by atoms with Crippen LogP contribution < -0.4 is 10.1 Å². The minimum absolute atomic E-state index is 0.0918. The van der Waals surface area contributed by atoms with E-state index in [2.05, 4.69) is 12.2 Å². The molecule has 0 spiro atoms. The van der Waals surface area contributed by atoms with E-state index in [4.69, 9.17) is 13.1 Å². The van der Waals surface area contributed by atoms with E-state index in [9.17, 15) is 8.42 Å². The standard InChI is InChI=1S/C28H45NO5S/c1-4-5-6-7-8-9-10-11-12-15-21-33-35(30,31)34-26(22-29-24(2)3)23-32-28-20-16-18-25-17-13-14-19-27(25)28/h13-14,16-20,24,26,29H,4-12,15,21-23H2,1-3H3. The second-order valence-corrected chi connectivity index (χ2v) is 10.7. The number of hydrogen-bond donors (Lipinski definition) is 1. The molecule has 0 amide bonds. The van der Waals surface area contributed by atoms with Crippen LogP contribution in [-0.4, -0.2) is 40.3 Å². The van der Waals surface area contributed by atoms with Crippen LogP contribution in [0, 0.1) is 0 Å². The predicted octanol–water partition coefficient (Wildman–Crippen LogP) is 6.78. The summed E-state index contributed by atoms with van der Waals surface area (Å²) in [7, 11) is -4.11. The summed E-state index contributed by atoms with van der Waals surface area (Å²) in [6.45, 7) is 6.80. The molecule has 0 radical (unpaired) electrons. The highest BCUT2D eigenvalue weighted by Crippen LogP contribution is 2.25. The van der Waals surface area contributed by atoms with E-state index >= 15 is 0 Å². The van der Waals surface area contributed by atoms with Crippen LogP contribution in [0.4, 0.5) is 0 Å². The predicted molar refractivity (Wildman–Crippen MR) is 144 cm³/mol. The zero-order valence-electron chi connectivity index (χ0n) is 21.8. The van der Waals surface area contributed by atoms with Crippen molar-refractivity contribution < 1.29 is 21.5 Å². The molecule has 0 bridgehead atoms. The first kappa shape index (κ1) is 29.6. The normalized spacial score (nSPS) is 12.9. The van der Waals surface area contributed by atoms with E-state index in [1.54, 1.807) is 0 Å². The van der Waals surface area contributed by atoms with Gasteiger partial charge >= 0.3 is 10.4 Å². The van der Waals surface area contributed by atoms with Gasteiger partial charge in [0.1, 0.15) is 18.5 Å². The van der Waals surface area contributed by atoms with Gasteiger partial charge < -0.3 is 10.1 Å². The quantitative estimate of drug-likeness (QED) is 0.199. The number of ether oxygens (including phenoxy) is 1. The van der Waals surface area contributed by atoms with E-state index in [-0.39, 0.29) is 19.3 Å².